The fraction of sp³-hybridized carbons (Fsp3) is 0.894. The highest BCUT2D eigenvalue weighted by Gasteiger charge is 2.48. The van der Waals surface area contributed by atoms with Crippen LogP contribution < -0.4 is 0 Å². The second-order valence-electron chi connectivity index (χ2n) is 16.7. The third-order valence-electron chi connectivity index (χ3n) is 11.1. The van der Waals surface area contributed by atoms with Gasteiger partial charge in [-0.3, -0.25) is 9.35 Å². The van der Waals surface area contributed by atoms with Gasteiger partial charge in [-0.05, 0) is 44.9 Å². The molecule has 60 heavy (non-hydrogen) atoms. The van der Waals surface area contributed by atoms with Crippen molar-refractivity contribution in [2.24, 2.45) is 0 Å². The van der Waals surface area contributed by atoms with E-state index in [0.29, 0.717) is 13.0 Å². The van der Waals surface area contributed by atoms with Gasteiger partial charge < -0.3 is 34.3 Å². The maximum absolute atomic E-state index is 12.8. The third kappa shape index (κ3) is 32.3. The first-order valence-electron chi connectivity index (χ1n) is 24.1. The van der Waals surface area contributed by atoms with Crippen LogP contribution in [0.2, 0.25) is 0 Å². The van der Waals surface area contributed by atoms with Gasteiger partial charge in [-0.2, -0.15) is 8.42 Å². The lowest BCUT2D eigenvalue weighted by Gasteiger charge is -2.41. The number of allylic oxidation sites excluding steroid dienone is 4. The minimum atomic E-state index is -5.06. The van der Waals surface area contributed by atoms with Gasteiger partial charge in [-0.1, -0.05) is 179 Å². The number of hydrogen-bond acceptors (Lipinski definition) is 11. The number of hydrogen-bond donors (Lipinski definition) is 4. The van der Waals surface area contributed by atoms with E-state index in [9.17, 15) is 28.5 Å². The van der Waals surface area contributed by atoms with Crippen molar-refractivity contribution in [1.29, 1.82) is 0 Å². The Balaban J connectivity index is 2.34. The molecule has 1 heterocycles. The van der Waals surface area contributed by atoms with Crippen LogP contribution in [0.3, 0.4) is 0 Å². The Kier molecular flexibility index (Phi) is 37.0. The molecule has 354 valence electrons. The zero-order chi connectivity index (χ0) is 43.9. The zero-order valence-electron chi connectivity index (χ0n) is 37.8. The van der Waals surface area contributed by atoms with Crippen LogP contribution in [0, 0.1) is 0 Å². The predicted molar refractivity (Wildman–Crippen MR) is 239 cm³/mol. The van der Waals surface area contributed by atoms with E-state index in [2.05, 4.69) is 42.3 Å². The molecule has 1 fully saturated rings. The minimum Gasteiger partial charge on any atom is -0.457 e. The third-order valence-corrected chi connectivity index (χ3v) is 11.5. The second kappa shape index (κ2) is 39.2. The van der Waals surface area contributed by atoms with Crippen LogP contribution in [-0.4, -0.2) is 97.5 Å². The lowest BCUT2D eigenvalue weighted by molar-refractivity contribution is -0.301. The number of carbonyl (C=O) groups is 1. The maximum atomic E-state index is 12.8. The number of rotatable bonds is 42. The molecule has 0 saturated carbocycles. The Morgan fingerprint density at radius 3 is 1.58 bits per heavy atom. The summed E-state index contributed by atoms with van der Waals surface area (Å²) in [6, 6.07) is 0. The summed E-state index contributed by atoms with van der Waals surface area (Å²) in [5.74, 6) is -0.400. The van der Waals surface area contributed by atoms with Crippen LogP contribution in [0.4, 0.5) is 0 Å². The van der Waals surface area contributed by atoms with E-state index in [0.717, 1.165) is 44.9 Å². The topological polar surface area (TPSA) is 178 Å². The number of unbranched alkanes of at least 4 members (excludes halogenated alkanes) is 25. The number of carbonyl (C=O) groups excluding carboxylic acids is 1. The fourth-order valence-electron chi connectivity index (χ4n) is 7.41. The molecule has 0 radical (unpaired) electrons. The predicted octanol–water partition coefficient (Wildman–Crippen LogP) is 10.4. The summed E-state index contributed by atoms with van der Waals surface area (Å²) >= 11 is 0. The lowest BCUT2D eigenvalue weighted by Crippen LogP contribution is -2.60. The fourth-order valence-corrected chi connectivity index (χ4v) is 7.92. The molecule has 0 aromatic rings. The average Bonchev–Trinajstić information content (AvgIpc) is 3.22. The Bertz CT molecular complexity index is 1150. The standard InChI is InChI=1S/C47H88O12S/c1-3-5-7-9-11-13-15-16-17-18-19-20-21-22-23-24-25-27-29-31-33-35-37-55-39-41(57-43(49)36-34-32-30-28-26-14-12-10-8-6-4-2)40-56-47-45(51)46(59-60(52,53)54)44(50)42(38-48)58-47/h15-16,18-19,41-42,44-48,50-51H,3-14,17,20-40H2,1-2H3,(H,52,53,54)/b16-15-,19-18-. The Hall–Kier alpha value is -1.42. The van der Waals surface area contributed by atoms with Gasteiger partial charge in [0.05, 0.1) is 19.8 Å². The molecule has 1 aliphatic rings. The Morgan fingerprint density at radius 2 is 1.10 bits per heavy atom. The summed E-state index contributed by atoms with van der Waals surface area (Å²) in [7, 11) is -5.06. The molecule has 1 saturated heterocycles. The first kappa shape index (κ1) is 56.6. The van der Waals surface area contributed by atoms with E-state index in [1.165, 1.54) is 135 Å². The monoisotopic (exact) mass is 877 g/mol. The van der Waals surface area contributed by atoms with E-state index in [1.807, 2.05) is 0 Å². The highest BCUT2D eigenvalue weighted by atomic mass is 32.3. The van der Waals surface area contributed by atoms with Crippen molar-refractivity contribution < 1.29 is 56.2 Å². The van der Waals surface area contributed by atoms with Gasteiger partial charge in [0.25, 0.3) is 0 Å². The molecule has 0 bridgehead atoms. The van der Waals surface area contributed by atoms with Crippen LogP contribution >= 0.6 is 0 Å². The van der Waals surface area contributed by atoms with Crippen LogP contribution in [0.15, 0.2) is 24.3 Å². The Labute approximate surface area is 365 Å². The number of aliphatic hydroxyl groups is 3. The molecule has 1 rings (SSSR count). The normalized spacial score (nSPS) is 20.4. The molecule has 6 atom stereocenters. The van der Waals surface area contributed by atoms with Crippen molar-refractivity contribution in [3.63, 3.8) is 0 Å². The highest BCUT2D eigenvalue weighted by molar-refractivity contribution is 7.80. The molecule has 12 nitrogen and oxygen atoms in total. The first-order valence-corrected chi connectivity index (χ1v) is 25.5. The zero-order valence-corrected chi connectivity index (χ0v) is 38.6. The van der Waals surface area contributed by atoms with Crippen LogP contribution in [0.1, 0.15) is 206 Å². The molecule has 4 N–H and O–H groups in total. The molecule has 1 aliphatic heterocycles. The van der Waals surface area contributed by atoms with E-state index in [-0.39, 0.29) is 19.6 Å². The van der Waals surface area contributed by atoms with Gasteiger partial charge in [0.15, 0.2) is 6.29 Å². The lowest BCUT2D eigenvalue weighted by atomic mass is 9.99. The summed E-state index contributed by atoms with van der Waals surface area (Å²) in [4.78, 5) is 12.8. The van der Waals surface area contributed by atoms with Crippen LogP contribution in [0.5, 0.6) is 0 Å². The van der Waals surface area contributed by atoms with Crippen molar-refractivity contribution >= 4 is 16.4 Å². The van der Waals surface area contributed by atoms with Gasteiger partial charge in [-0.15, -0.1) is 0 Å². The summed E-state index contributed by atoms with van der Waals surface area (Å²) < 4.78 is 59.1. The average molecular weight is 877 g/mol. The molecule has 0 aromatic heterocycles. The largest absolute Gasteiger partial charge is 0.457 e. The molecular formula is C47H88O12S. The number of ether oxygens (including phenoxy) is 4. The molecule has 0 aromatic carbocycles. The second-order valence-corrected chi connectivity index (χ2v) is 17.8. The van der Waals surface area contributed by atoms with Gasteiger partial charge >= 0.3 is 16.4 Å². The van der Waals surface area contributed by atoms with E-state index in [4.69, 9.17) is 23.5 Å². The quantitative estimate of drug-likeness (QED) is 0.0198. The van der Waals surface area contributed by atoms with E-state index >= 15 is 0 Å². The molecule has 0 aliphatic carbocycles. The van der Waals surface area contributed by atoms with Crippen molar-refractivity contribution in [3.8, 4) is 0 Å². The van der Waals surface area contributed by atoms with Gasteiger partial charge in [-0.25, -0.2) is 4.18 Å². The molecule has 6 unspecified atom stereocenters. The van der Waals surface area contributed by atoms with Crippen molar-refractivity contribution in [2.75, 3.05) is 26.4 Å². The first-order chi connectivity index (χ1) is 29.1. The van der Waals surface area contributed by atoms with E-state index in [1.54, 1.807) is 0 Å². The SMILES string of the molecule is CCCCCCC/C=C\C/C=C\CCCCCCCCCCCCOCC(COC1OC(CO)C(O)C(OS(=O)(=O)O)C1O)OC(=O)CCCCCCCCCCCCC. The van der Waals surface area contributed by atoms with Crippen molar-refractivity contribution in [2.45, 2.75) is 243 Å². The number of aliphatic hydroxyl groups excluding tert-OH is 3. The number of esters is 1. The van der Waals surface area contributed by atoms with E-state index < -0.39 is 59.8 Å². The highest BCUT2D eigenvalue weighted by Crippen LogP contribution is 2.26. The van der Waals surface area contributed by atoms with Crippen LogP contribution in [0.25, 0.3) is 0 Å². The van der Waals surface area contributed by atoms with Gasteiger partial charge in [0, 0.05) is 13.0 Å². The van der Waals surface area contributed by atoms with Crippen molar-refractivity contribution in [1.82, 2.24) is 0 Å². The van der Waals surface area contributed by atoms with Crippen molar-refractivity contribution in [3.05, 3.63) is 24.3 Å². The summed E-state index contributed by atoms with van der Waals surface area (Å²) in [6.07, 6.45) is 35.0. The summed E-state index contributed by atoms with van der Waals surface area (Å²) in [5, 5.41) is 30.7. The van der Waals surface area contributed by atoms with Gasteiger partial charge in [0.2, 0.25) is 0 Å². The Morgan fingerprint density at radius 1 is 0.633 bits per heavy atom. The smallest absolute Gasteiger partial charge is 0.397 e. The molecule has 13 heteroatoms. The molecule has 0 amide bonds. The van der Waals surface area contributed by atoms with Gasteiger partial charge in [0.1, 0.15) is 30.5 Å². The summed E-state index contributed by atoms with van der Waals surface area (Å²) in [5.41, 5.74) is 0. The summed E-state index contributed by atoms with van der Waals surface area (Å²) in [6.45, 7) is 3.98. The minimum absolute atomic E-state index is 0.0376. The molecular weight excluding hydrogens is 789 g/mol. The maximum Gasteiger partial charge on any atom is 0.397 e. The molecule has 0 spiro atoms. The van der Waals surface area contributed by atoms with Crippen LogP contribution in [-0.2, 0) is 38.3 Å².